The van der Waals surface area contributed by atoms with Crippen molar-refractivity contribution in [1.29, 1.82) is 0 Å². The number of fused-ring (bicyclic) bond motifs is 1. The van der Waals surface area contributed by atoms with Crippen molar-refractivity contribution in [3.8, 4) is 11.5 Å². The normalized spacial score (nSPS) is 13.9. The Labute approximate surface area is 140 Å². The molecule has 0 spiro atoms. The number of hydrogen-bond acceptors (Lipinski definition) is 4. The SMILES string of the molecule is COc1ccc(OC)c(/C=C/C(=O)N2CCc3sccc3C2)c1. The van der Waals surface area contributed by atoms with Gasteiger partial charge in [0.15, 0.2) is 0 Å². The highest BCUT2D eigenvalue weighted by Crippen LogP contribution is 2.26. The lowest BCUT2D eigenvalue weighted by molar-refractivity contribution is -0.126. The molecule has 0 N–H and O–H groups in total. The minimum Gasteiger partial charge on any atom is -0.497 e. The molecule has 1 aromatic carbocycles. The molecule has 5 heteroatoms. The van der Waals surface area contributed by atoms with E-state index in [1.165, 1.54) is 10.4 Å². The average Bonchev–Trinajstić information content (AvgIpc) is 3.06. The van der Waals surface area contributed by atoms with Gasteiger partial charge in [-0.05, 0) is 47.7 Å². The Morgan fingerprint density at radius 3 is 2.91 bits per heavy atom. The Hall–Kier alpha value is -2.27. The van der Waals surface area contributed by atoms with Gasteiger partial charge >= 0.3 is 0 Å². The zero-order valence-electron chi connectivity index (χ0n) is 13.2. The molecular weight excluding hydrogens is 310 g/mol. The van der Waals surface area contributed by atoms with Crippen LogP contribution in [0.2, 0.25) is 0 Å². The second-order valence-corrected chi connectivity index (χ2v) is 6.32. The van der Waals surface area contributed by atoms with Gasteiger partial charge in [-0.1, -0.05) is 0 Å². The molecule has 120 valence electrons. The number of hydrogen-bond donors (Lipinski definition) is 0. The molecule has 4 nitrogen and oxygen atoms in total. The van der Waals surface area contributed by atoms with Crippen molar-refractivity contribution in [2.24, 2.45) is 0 Å². The first kappa shape index (κ1) is 15.6. The summed E-state index contributed by atoms with van der Waals surface area (Å²) >= 11 is 1.77. The Morgan fingerprint density at radius 1 is 1.26 bits per heavy atom. The second-order valence-electron chi connectivity index (χ2n) is 5.32. The third-order valence-electron chi connectivity index (χ3n) is 3.96. The van der Waals surface area contributed by atoms with Crippen LogP contribution in [0.3, 0.4) is 0 Å². The highest BCUT2D eigenvalue weighted by Gasteiger charge is 2.19. The lowest BCUT2D eigenvalue weighted by atomic mass is 10.1. The van der Waals surface area contributed by atoms with Crippen LogP contribution in [0.4, 0.5) is 0 Å². The van der Waals surface area contributed by atoms with Gasteiger partial charge in [0.25, 0.3) is 0 Å². The van der Waals surface area contributed by atoms with Gasteiger partial charge in [-0.15, -0.1) is 11.3 Å². The molecule has 0 aliphatic carbocycles. The summed E-state index contributed by atoms with van der Waals surface area (Å²) in [6, 6.07) is 7.63. The summed E-state index contributed by atoms with van der Waals surface area (Å²) in [7, 11) is 3.23. The summed E-state index contributed by atoms with van der Waals surface area (Å²) in [5.41, 5.74) is 2.09. The summed E-state index contributed by atoms with van der Waals surface area (Å²) in [4.78, 5) is 15.7. The van der Waals surface area contributed by atoms with Gasteiger partial charge < -0.3 is 14.4 Å². The lowest BCUT2D eigenvalue weighted by Gasteiger charge is -2.25. The van der Waals surface area contributed by atoms with Crippen LogP contribution < -0.4 is 9.47 Å². The van der Waals surface area contributed by atoms with Gasteiger partial charge in [0.2, 0.25) is 5.91 Å². The van der Waals surface area contributed by atoms with E-state index in [4.69, 9.17) is 9.47 Å². The van der Waals surface area contributed by atoms with E-state index in [0.717, 1.165) is 24.3 Å². The third-order valence-corrected chi connectivity index (χ3v) is 4.98. The molecule has 1 aliphatic heterocycles. The maximum atomic E-state index is 12.4. The molecule has 0 saturated heterocycles. The van der Waals surface area contributed by atoms with E-state index in [0.29, 0.717) is 12.3 Å². The van der Waals surface area contributed by atoms with E-state index in [1.807, 2.05) is 23.1 Å². The first-order valence-corrected chi connectivity index (χ1v) is 8.33. The molecule has 0 saturated carbocycles. The quantitative estimate of drug-likeness (QED) is 0.807. The average molecular weight is 329 g/mol. The molecule has 1 amide bonds. The van der Waals surface area contributed by atoms with E-state index in [2.05, 4.69) is 11.4 Å². The first-order chi connectivity index (χ1) is 11.2. The molecule has 0 fully saturated rings. The zero-order valence-corrected chi connectivity index (χ0v) is 14.1. The highest BCUT2D eigenvalue weighted by molar-refractivity contribution is 7.10. The topological polar surface area (TPSA) is 38.8 Å². The number of carbonyl (C=O) groups excluding carboxylic acids is 1. The third kappa shape index (κ3) is 3.40. The number of amides is 1. The van der Waals surface area contributed by atoms with Crippen molar-refractivity contribution in [2.75, 3.05) is 20.8 Å². The maximum Gasteiger partial charge on any atom is 0.246 e. The molecule has 0 bridgehead atoms. The fourth-order valence-corrected chi connectivity index (χ4v) is 3.56. The number of methoxy groups -OCH3 is 2. The number of rotatable bonds is 4. The van der Waals surface area contributed by atoms with E-state index in [9.17, 15) is 4.79 Å². The first-order valence-electron chi connectivity index (χ1n) is 7.45. The summed E-state index contributed by atoms with van der Waals surface area (Å²) in [5.74, 6) is 1.47. The van der Waals surface area contributed by atoms with E-state index >= 15 is 0 Å². The second kappa shape index (κ2) is 6.87. The van der Waals surface area contributed by atoms with Crippen molar-refractivity contribution in [2.45, 2.75) is 13.0 Å². The molecule has 2 heterocycles. The Bertz CT molecular complexity index is 736. The fourth-order valence-electron chi connectivity index (χ4n) is 2.67. The van der Waals surface area contributed by atoms with E-state index < -0.39 is 0 Å². The minimum atomic E-state index is 0.0201. The van der Waals surface area contributed by atoms with Crippen molar-refractivity contribution >= 4 is 23.3 Å². The van der Waals surface area contributed by atoms with Crippen LogP contribution in [0.1, 0.15) is 16.0 Å². The van der Waals surface area contributed by atoms with Crippen LogP contribution in [0, 0.1) is 0 Å². The van der Waals surface area contributed by atoms with Gasteiger partial charge in [0.1, 0.15) is 11.5 Å². The molecule has 0 atom stereocenters. The van der Waals surface area contributed by atoms with Crippen LogP contribution in [0.25, 0.3) is 6.08 Å². The Morgan fingerprint density at radius 2 is 2.13 bits per heavy atom. The summed E-state index contributed by atoms with van der Waals surface area (Å²) < 4.78 is 10.6. The van der Waals surface area contributed by atoms with Crippen LogP contribution >= 0.6 is 11.3 Å². The molecule has 0 radical (unpaired) electrons. The van der Waals surface area contributed by atoms with Gasteiger partial charge in [0.05, 0.1) is 14.2 Å². The molecule has 23 heavy (non-hydrogen) atoms. The van der Waals surface area contributed by atoms with Gasteiger partial charge in [-0.2, -0.15) is 0 Å². The molecule has 2 aromatic rings. The summed E-state index contributed by atoms with van der Waals surface area (Å²) in [6.07, 6.45) is 4.33. The predicted octanol–water partition coefficient (Wildman–Crippen LogP) is 3.36. The fraction of sp³-hybridized carbons (Fsp3) is 0.278. The van der Waals surface area contributed by atoms with Gasteiger partial charge in [-0.3, -0.25) is 4.79 Å². The monoisotopic (exact) mass is 329 g/mol. The predicted molar refractivity (Wildman–Crippen MR) is 92.0 cm³/mol. The zero-order chi connectivity index (χ0) is 16.2. The highest BCUT2D eigenvalue weighted by atomic mass is 32.1. The van der Waals surface area contributed by atoms with Crippen molar-refractivity contribution in [1.82, 2.24) is 4.90 Å². The maximum absolute atomic E-state index is 12.4. The molecule has 1 aliphatic rings. The van der Waals surface area contributed by atoms with Crippen LogP contribution in [0.5, 0.6) is 11.5 Å². The largest absolute Gasteiger partial charge is 0.497 e. The molecule has 0 unspecified atom stereocenters. The Kier molecular flexibility index (Phi) is 4.67. The number of benzene rings is 1. The summed E-state index contributed by atoms with van der Waals surface area (Å²) in [5, 5.41) is 2.09. The number of carbonyl (C=O) groups is 1. The van der Waals surface area contributed by atoms with Gasteiger partial charge in [-0.25, -0.2) is 0 Å². The molecule has 3 rings (SSSR count). The smallest absolute Gasteiger partial charge is 0.246 e. The van der Waals surface area contributed by atoms with Crippen molar-refractivity contribution in [3.05, 3.63) is 51.7 Å². The number of ether oxygens (including phenoxy) is 2. The van der Waals surface area contributed by atoms with Crippen LogP contribution in [0.15, 0.2) is 35.7 Å². The lowest BCUT2D eigenvalue weighted by Crippen LogP contribution is -2.34. The standard InChI is InChI=1S/C18H19NO3S/c1-21-15-4-5-16(22-2)13(11-15)3-6-18(20)19-9-7-17-14(12-19)8-10-23-17/h3-6,8,10-11H,7,9,12H2,1-2H3/b6-3+. The molecule has 1 aromatic heterocycles. The van der Waals surface area contributed by atoms with Gasteiger partial charge in [0, 0.05) is 29.6 Å². The van der Waals surface area contributed by atoms with Crippen molar-refractivity contribution < 1.29 is 14.3 Å². The number of thiophene rings is 1. The van der Waals surface area contributed by atoms with E-state index in [-0.39, 0.29) is 5.91 Å². The summed E-state index contributed by atoms with van der Waals surface area (Å²) in [6.45, 7) is 1.46. The number of nitrogens with zero attached hydrogens (tertiary/aromatic N) is 1. The van der Waals surface area contributed by atoms with Crippen LogP contribution in [-0.2, 0) is 17.8 Å². The Balaban J connectivity index is 1.74. The van der Waals surface area contributed by atoms with Crippen molar-refractivity contribution in [3.63, 3.8) is 0 Å². The molecular formula is C18H19NO3S. The van der Waals surface area contributed by atoms with Crippen LogP contribution in [-0.4, -0.2) is 31.6 Å². The minimum absolute atomic E-state index is 0.0201. The van der Waals surface area contributed by atoms with E-state index in [1.54, 1.807) is 37.7 Å².